The number of carbonyl (C=O) groups is 1. The highest BCUT2D eigenvalue weighted by molar-refractivity contribution is 5.69. The molecule has 2 atom stereocenters. The Kier molecular flexibility index (Phi) is 10.5. The van der Waals surface area contributed by atoms with Crippen LogP contribution in [0, 0.1) is 11.8 Å². The second-order valence-electron chi connectivity index (χ2n) is 6.37. The van der Waals surface area contributed by atoms with Crippen molar-refractivity contribution in [3.63, 3.8) is 0 Å². The first-order valence-corrected chi connectivity index (χ1v) is 8.82. The van der Waals surface area contributed by atoms with E-state index in [1.807, 2.05) is 0 Å². The van der Waals surface area contributed by atoms with Gasteiger partial charge in [0.25, 0.3) is 0 Å². The highest BCUT2D eigenvalue weighted by Gasteiger charge is 2.20. The third-order valence-corrected chi connectivity index (χ3v) is 4.42. The van der Waals surface area contributed by atoms with Gasteiger partial charge in [-0.05, 0) is 50.6 Å². The van der Waals surface area contributed by atoms with Crippen LogP contribution < -0.4 is 11.1 Å². The molecule has 21 heavy (non-hydrogen) atoms. The number of rotatable bonds is 11. The van der Waals surface area contributed by atoms with Gasteiger partial charge in [0.2, 0.25) is 0 Å². The summed E-state index contributed by atoms with van der Waals surface area (Å²) in [6.45, 7) is 5.33. The van der Waals surface area contributed by atoms with Crippen LogP contribution in [0.5, 0.6) is 0 Å². The minimum absolute atomic E-state index is 0.0672. The van der Waals surface area contributed by atoms with Gasteiger partial charge in [0, 0.05) is 6.54 Å². The third kappa shape index (κ3) is 9.10. The van der Waals surface area contributed by atoms with Crippen LogP contribution in [0.4, 0.5) is 0 Å². The zero-order chi connectivity index (χ0) is 15.3. The Labute approximate surface area is 130 Å². The summed E-state index contributed by atoms with van der Waals surface area (Å²) in [6.07, 6.45) is 10.2. The molecule has 0 spiro atoms. The standard InChI is InChI=1S/C17H34N2O2/c1-2-3-4-5-11-21-17(20)9-10-19-14-16-8-6-7-15(12-16)13-18/h15-16,19H,2-14,18H2,1H3. The molecule has 0 saturated heterocycles. The van der Waals surface area contributed by atoms with Gasteiger partial charge in [-0.1, -0.05) is 32.6 Å². The molecule has 0 radical (unpaired) electrons. The quantitative estimate of drug-likeness (QED) is 0.455. The van der Waals surface area contributed by atoms with Crippen LogP contribution in [0.25, 0.3) is 0 Å². The second-order valence-corrected chi connectivity index (χ2v) is 6.37. The molecule has 1 rings (SSSR count). The normalized spacial score (nSPS) is 22.2. The maximum Gasteiger partial charge on any atom is 0.307 e. The molecule has 0 heterocycles. The predicted octanol–water partition coefficient (Wildman–Crippen LogP) is 2.85. The fraction of sp³-hybridized carbons (Fsp3) is 0.941. The monoisotopic (exact) mass is 298 g/mol. The number of ether oxygens (including phenoxy) is 1. The lowest BCUT2D eigenvalue weighted by molar-refractivity contribution is -0.143. The van der Waals surface area contributed by atoms with E-state index >= 15 is 0 Å². The van der Waals surface area contributed by atoms with Gasteiger partial charge in [-0.2, -0.15) is 0 Å². The maximum absolute atomic E-state index is 11.5. The summed E-state index contributed by atoms with van der Waals surface area (Å²) in [5.41, 5.74) is 5.76. The highest BCUT2D eigenvalue weighted by Crippen LogP contribution is 2.27. The van der Waals surface area contributed by atoms with Crippen molar-refractivity contribution in [3.8, 4) is 0 Å². The van der Waals surface area contributed by atoms with Crippen molar-refractivity contribution in [1.29, 1.82) is 0 Å². The molecule has 1 aliphatic carbocycles. The van der Waals surface area contributed by atoms with Gasteiger partial charge in [-0.3, -0.25) is 4.79 Å². The summed E-state index contributed by atoms with van der Waals surface area (Å²) < 4.78 is 5.22. The zero-order valence-corrected chi connectivity index (χ0v) is 13.7. The summed E-state index contributed by atoms with van der Waals surface area (Å²) >= 11 is 0. The molecule has 0 bridgehead atoms. The predicted molar refractivity (Wildman–Crippen MR) is 87.1 cm³/mol. The Hall–Kier alpha value is -0.610. The van der Waals surface area contributed by atoms with E-state index in [-0.39, 0.29) is 5.97 Å². The van der Waals surface area contributed by atoms with Crippen LogP contribution in [0.15, 0.2) is 0 Å². The number of unbranched alkanes of at least 4 members (excludes halogenated alkanes) is 3. The molecular formula is C17H34N2O2. The summed E-state index contributed by atoms with van der Waals surface area (Å²) in [4.78, 5) is 11.5. The van der Waals surface area contributed by atoms with Crippen molar-refractivity contribution >= 4 is 5.97 Å². The smallest absolute Gasteiger partial charge is 0.307 e. The van der Waals surface area contributed by atoms with Gasteiger partial charge in [0.1, 0.15) is 0 Å². The molecule has 1 fully saturated rings. The average Bonchev–Trinajstić information content (AvgIpc) is 2.51. The van der Waals surface area contributed by atoms with E-state index in [1.165, 1.54) is 38.5 Å². The molecular weight excluding hydrogens is 264 g/mol. The molecule has 3 N–H and O–H groups in total. The Morgan fingerprint density at radius 2 is 2.05 bits per heavy atom. The second kappa shape index (κ2) is 12.0. The first kappa shape index (κ1) is 18.4. The van der Waals surface area contributed by atoms with Gasteiger partial charge in [-0.15, -0.1) is 0 Å². The van der Waals surface area contributed by atoms with Crippen LogP contribution in [0.1, 0.15) is 64.7 Å². The van der Waals surface area contributed by atoms with Gasteiger partial charge in [0.15, 0.2) is 0 Å². The SMILES string of the molecule is CCCCCCOC(=O)CCNCC1CCCC(CN)C1. The first-order chi connectivity index (χ1) is 10.3. The fourth-order valence-electron chi connectivity index (χ4n) is 3.09. The topological polar surface area (TPSA) is 64.3 Å². The Morgan fingerprint density at radius 1 is 1.24 bits per heavy atom. The van der Waals surface area contributed by atoms with E-state index in [0.29, 0.717) is 18.9 Å². The number of hydrogen-bond donors (Lipinski definition) is 2. The summed E-state index contributed by atoms with van der Waals surface area (Å²) in [5, 5.41) is 3.40. The lowest BCUT2D eigenvalue weighted by Crippen LogP contribution is -2.31. The molecule has 1 aliphatic rings. The van der Waals surface area contributed by atoms with E-state index < -0.39 is 0 Å². The van der Waals surface area contributed by atoms with E-state index in [1.54, 1.807) is 0 Å². The van der Waals surface area contributed by atoms with Crippen LogP contribution in [-0.4, -0.2) is 32.2 Å². The lowest BCUT2D eigenvalue weighted by atomic mass is 9.81. The van der Waals surface area contributed by atoms with E-state index in [0.717, 1.165) is 38.4 Å². The van der Waals surface area contributed by atoms with Gasteiger partial charge >= 0.3 is 5.97 Å². The largest absolute Gasteiger partial charge is 0.466 e. The number of nitrogens with two attached hydrogens (primary N) is 1. The first-order valence-electron chi connectivity index (χ1n) is 8.82. The highest BCUT2D eigenvalue weighted by atomic mass is 16.5. The average molecular weight is 298 g/mol. The van der Waals surface area contributed by atoms with Crippen LogP contribution in [-0.2, 0) is 9.53 Å². The molecule has 4 nitrogen and oxygen atoms in total. The molecule has 0 aromatic carbocycles. The van der Waals surface area contributed by atoms with Crippen molar-refractivity contribution < 1.29 is 9.53 Å². The zero-order valence-electron chi connectivity index (χ0n) is 13.7. The van der Waals surface area contributed by atoms with Gasteiger partial charge in [0.05, 0.1) is 13.0 Å². The van der Waals surface area contributed by atoms with Crippen molar-refractivity contribution in [2.24, 2.45) is 17.6 Å². The third-order valence-electron chi connectivity index (χ3n) is 4.42. The molecule has 1 saturated carbocycles. The molecule has 4 heteroatoms. The summed E-state index contributed by atoms with van der Waals surface area (Å²) in [5.74, 6) is 1.37. The Balaban J connectivity index is 1.94. The molecule has 2 unspecified atom stereocenters. The van der Waals surface area contributed by atoms with E-state index in [2.05, 4.69) is 12.2 Å². The van der Waals surface area contributed by atoms with Crippen molar-refractivity contribution in [2.45, 2.75) is 64.7 Å². The summed E-state index contributed by atoms with van der Waals surface area (Å²) in [6, 6.07) is 0. The maximum atomic E-state index is 11.5. The van der Waals surface area contributed by atoms with Crippen LogP contribution in [0.2, 0.25) is 0 Å². The van der Waals surface area contributed by atoms with Gasteiger partial charge in [-0.25, -0.2) is 0 Å². The molecule has 0 aromatic rings. The number of carbonyl (C=O) groups excluding carboxylic acids is 1. The number of nitrogens with one attached hydrogen (secondary N) is 1. The number of hydrogen-bond acceptors (Lipinski definition) is 4. The Morgan fingerprint density at radius 3 is 2.81 bits per heavy atom. The Bertz CT molecular complexity index is 272. The van der Waals surface area contributed by atoms with Crippen LogP contribution >= 0.6 is 0 Å². The lowest BCUT2D eigenvalue weighted by Gasteiger charge is -2.28. The van der Waals surface area contributed by atoms with Crippen molar-refractivity contribution in [3.05, 3.63) is 0 Å². The van der Waals surface area contributed by atoms with Crippen LogP contribution in [0.3, 0.4) is 0 Å². The molecule has 0 amide bonds. The fourth-order valence-corrected chi connectivity index (χ4v) is 3.09. The molecule has 0 aliphatic heterocycles. The van der Waals surface area contributed by atoms with E-state index in [9.17, 15) is 4.79 Å². The van der Waals surface area contributed by atoms with Gasteiger partial charge < -0.3 is 15.8 Å². The number of esters is 1. The minimum atomic E-state index is -0.0672. The molecule has 124 valence electrons. The van der Waals surface area contributed by atoms with Crippen molar-refractivity contribution in [1.82, 2.24) is 5.32 Å². The van der Waals surface area contributed by atoms with Crippen molar-refractivity contribution in [2.75, 3.05) is 26.2 Å². The molecule has 0 aromatic heterocycles. The van der Waals surface area contributed by atoms with E-state index in [4.69, 9.17) is 10.5 Å². The summed E-state index contributed by atoms with van der Waals surface area (Å²) in [7, 11) is 0. The minimum Gasteiger partial charge on any atom is -0.466 e.